The normalized spacial score (nSPS) is 10.6. The number of halogens is 3. The van der Waals surface area contributed by atoms with Gasteiger partial charge in [0, 0.05) is 22.4 Å². The molecule has 0 aliphatic carbocycles. The Kier molecular flexibility index (Phi) is 6.70. The third-order valence-corrected chi connectivity index (χ3v) is 4.51. The molecule has 132 valence electrons. The fourth-order valence-electron chi connectivity index (χ4n) is 2.19. The predicted molar refractivity (Wildman–Crippen MR) is 94.5 cm³/mol. The monoisotopic (exact) mass is 366 g/mol. The molecule has 0 fully saturated rings. The first kappa shape index (κ1) is 19.1. The number of ether oxygens (including phenoxy) is 1. The first-order chi connectivity index (χ1) is 12.0. The van der Waals surface area contributed by atoms with E-state index in [9.17, 15) is 18.0 Å². The minimum Gasteiger partial charge on any atom is -0.490 e. The standard InChI is InChI=1S/C19H17F3O2S/c1-3-14-15(20)12(2)18(17(22)16(14)21)24-10-7-11-25-19(23)13-8-5-4-6-9-13/h3-6,8-9H,1,7,10-11H2,2H3. The lowest BCUT2D eigenvalue weighted by Crippen LogP contribution is -2.07. The van der Waals surface area contributed by atoms with Crippen molar-refractivity contribution in [3.8, 4) is 5.75 Å². The summed E-state index contributed by atoms with van der Waals surface area (Å²) in [4.78, 5) is 11.9. The van der Waals surface area contributed by atoms with E-state index in [2.05, 4.69) is 6.58 Å². The van der Waals surface area contributed by atoms with E-state index in [1.165, 1.54) is 6.92 Å². The second kappa shape index (κ2) is 8.76. The summed E-state index contributed by atoms with van der Waals surface area (Å²) in [6, 6.07) is 8.81. The molecular formula is C19H17F3O2S. The Morgan fingerprint density at radius 2 is 1.84 bits per heavy atom. The van der Waals surface area contributed by atoms with Crippen LogP contribution in [0.25, 0.3) is 6.08 Å². The number of rotatable bonds is 7. The van der Waals surface area contributed by atoms with Crippen LogP contribution in [0.15, 0.2) is 36.9 Å². The van der Waals surface area contributed by atoms with Crippen LogP contribution in [0.3, 0.4) is 0 Å². The van der Waals surface area contributed by atoms with Gasteiger partial charge in [0.05, 0.1) is 6.61 Å². The number of thioether (sulfide) groups is 1. The Morgan fingerprint density at radius 1 is 1.16 bits per heavy atom. The summed E-state index contributed by atoms with van der Waals surface area (Å²) in [6.45, 7) is 4.62. The Balaban J connectivity index is 1.90. The molecule has 0 saturated carbocycles. The molecule has 2 aromatic rings. The highest BCUT2D eigenvalue weighted by Gasteiger charge is 2.22. The maximum Gasteiger partial charge on any atom is 0.219 e. The molecule has 2 nitrogen and oxygen atoms in total. The molecule has 0 unspecified atom stereocenters. The molecule has 0 N–H and O–H groups in total. The number of hydrogen-bond acceptors (Lipinski definition) is 3. The van der Waals surface area contributed by atoms with E-state index in [-0.39, 0.29) is 17.3 Å². The predicted octanol–water partition coefficient (Wildman–Crippen LogP) is 5.40. The van der Waals surface area contributed by atoms with Crippen LogP contribution in [-0.2, 0) is 0 Å². The van der Waals surface area contributed by atoms with E-state index in [4.69, 9.17) is 4.74 Å². The topological polar surface area (TPSA) is 26.3 Å². The van der Waals surface area contributed by atoms with Crippen LogP contribution >= 0.6 is 11.8 Å². The molecule has 0 bridgehead atoms. The molecule has 0 spiro atoms. The van der Waals surface area contributed by atoms with Crippen molar-refractivity contribution in [3.05, 3.63) is 71.1 Å². The van der Waals surface area contributed by atoms with Gasteiger partial charge >= 0.3 is 0 Å². The molecule has 0 atom stereocenters. The summed E-state index contributed by atoms with van der Waals surface area (Å²) in [7, 11) is 0. The zero-order valence-electron chi connectivity index (χ0n) is 13.7. The van der Waals surface area contributed by atoms with Crippen molar-refractivity contribution < 1.29 is 22.7 Å². The Morgan fingerprint density at radius 3 is 2.48 bits per heavy atom. The molecule has 0 radical (unpaired) electrons. The molecule has 0 aromatic heterocycles. The number of hydrogen-bond donors (Lipinski definition) is 0. The highest BCUT2D eigenvalue weighted by atomic mass is 32.2. The zero-order chi connectivity index (χ0) is 18.4. The molecule has 0 amide bonds. The molecule has 0 aliphatic heterocycles. The lowest BCUT2D eigenvalue weighted by molar-refractivity contribution is 0.108. The maximum absolute atomic E-state index is 14.0. The smallest absolute Gasteiger partial charge is 0.219 e. The van der Waals surface area contributed by atoms with Gasteiger partial charge in [0.1, 0.15) is 5.82 Å². The van der Waals surface area contributed by atoms with Crippen molar-refractivity contribution in [2.24, 2.45) is 0 Å². The van der Waals surface area contributed by atoms with Gasteiger partial charge in [-0.25, -0.2) is 8.78 Å². The van der Waals surface area contributed by atoms with Gasteiger partial charge < -0.3 is 4.74 Å². The third kappa shape index (κ3) is 4.45. The van der Waals surface area contributed by atoms with Gasteiger partial charge in [0.15, 0.2) is 11.6 Å². The largest absolute Gasteiger partial charge is 0.490 e. The second-order valence-electron chi connectivity index (χ2n) is 5.22. The van der Waals surface area contributed by atoms with Gasteiger partial charge in [-0.15, -0.1) is 0 Å². The molecule has 6 heteroatoms. The van der Waals surface area contributed by atoms with Gasteiger partial charge in [-0.2, -0.15) is 4.39 Å². The fraction of sp³-hybridized carbons (Fsp3) is 0.211. The summed E-state index contributed by atoms with van der Waals surface area (Å²) in [5.74, 6) is -3.44. The van der Waals surface area contributed by atoms with Crippen molar-refractivity contribution in [1.82, 2.24) is 0 Å². The van der Waals surface area contributed by atoms with E-state index < -0.39 is 28.8 Å². The Hall–Kier alpha value is -2.21. The van der Waals surface area contributed by atoms with E-state index >= 15 is 0 Å². The van der Waals surface area contributed by atoms with Crippen LogP contribution in [0.1, 0.15) is 27.9 Å². The highest BCUT2D eigenvalue weighted by Crippen LogP contribution is 2.31. The number of carbonyl (C=O) groups excluding carboxylic acids is 1. The van der Waals surface area contributed by atoms with E-state index in [0.717, 1.165) is 17.8 Å². The fourth-order valence-corrected chi connectivity index (χ4v) is 2.94. The molecular weight excluding hydrogens is 349 g/mol. The van der Waals surface area contributed by atoms with Crippen LogP contribution in [0.5, 0.6) is 5.75 Å². The van der Waals surface area contributed by atoms with Crippen molar-refractivity contribution in [3.63, 3.8) is 0 Å². The molecule has 0 saturated heterocycles. The lowest BCUT2D eigenvalue weighted by atomic mass is 10.1. The van der Waals surface area contributed by atoms with Gasteiger partial charge in [-0.1, -0.05) is 54.7 Å². The number of benzene rings is 2. The molecule has 25 heavy (non-hydrogen) atoms. The lowest BCUT2D eigenvalue weighted by Gasteiger charge is -2.13. The summed E-state index contributed by atoms with van der Waals surface area (Å²) < 4.78 is 46.9. The van der Waals surface area contributed by atoms with Crippen molar-refractivity contribution in [2.45, 2.75) is 13.3 Å². The Labute approximate surface area is 148 Å². The van der Waals surface area contributed by atoms with E-state index in [1.54, 1.807) is 24.3 Å². The first-order valence-corrected chi connectivity index (χ1v) is 8.60. The second-order valence-corrected chi connectivity index (χ2v) is 6.29. The molecule has 0 aliphatic rings. The van der Waals surface area contributed by atoms with Crippen LogP contribution in [0.2, 0.25) is 0 Å². The van der Waals surface area contributed by atoms with Crippen molar-refractivity contribution in [2.75, 3.05) is 12.4 Å². The van der Waals surface area contributed by atoms with Crippen molar-refractivity contribution >= 4 is 23.0 Å². The highest BCUT2D eigenvalue weighted by molar-refractivity contribution is 8.14. The minimum atomic E-state index is -1.32. The van der Waals surface area contributed by atoms with Gasteiger partial charge in [0.25, 0.3) is 0 Å². The van der Waals surface area contributed by atoms with Gasteiger partial charge in [-0.3, -0.25) is 4.79 Å². The quantitative estimate of drug-likeness (QED) is 0.485. The summed E-state index contributed by atoms with van der Waals surface area (Å²) in [6.07, 6.45) is 1.35. The molecule has 2 rings (SSSR count). The third-order valence-electron chi connectivity index (χ3n) is 3.52. The molecule has 0 heterocycles. The van der Waals surface area contributed by atoms with Crippen LogP contribution < -0.4 is 4.74 Å². The average molecular weight is 366 g/mol. The summed E-state index contributed by atoms with van der Waals surface area (Å²) in [5, 5.41) is -0.0737. The van der Waals surface area contributed by atoms with Crippen LogP contribution in [0.4, 0.5) is 13.2 Å². The average Bonchev–Trinajstić information content (AvgIpc) is 2.63. The SMILES string of the molecule is C=Cc1c(F)c(C)c(OCCCSC(=O)c2ccccc2)c(F)c1F. The summed E-state index contributed by atoms with van der Waals surface area (Å²) in [5.41, 5.74) is -0.0207. The first-order valence-electron chi connectivity index (χ1n) is 7.61. The van der Waals surface area contributed by atoms with Gasteiger partial charge in [0.2, 0.25) is 10.9 Å². The Bertz CT molecular complexity index is 747. The van der Waals surface area contributed by atoms with Crippen LogP contribution in [0, 0.1) is 24.4 Å². The van der Waals surface area contributed by atoms with E-state index in [0.29, 0.717) is 17.7 Å². The maximum atomic E-state index is 14.0. The van der Waals surface area contributed by atoms with Crippen LogP contribution in [-0.4, -0.2) is 17.5 Å². The number of carbonyl (C=O) groups is 1. The minimum absolute atomic E-state index is 0.0408. The van der Waals surface area contributed by atoms with E-state index in [1.807, 2.05) is 6.07 Å². The van der Waals surface area contributed by atoms with Crippen molar-refractivity contribution in [1.29, 1.82) is 0 Å². The molecule has 2 aromatic carbocycles. The zero-order valence-corrected chi connectivity index (χ0v) is 14.5. The van der Waals surface area contributed by atoms with Gasteiger partial charge in [-0.05, 0) is 13.3 Å². The summed E-state index contributed by atoms with van der Waals surface area (Å²) >= 11 is 1.11.